The minimum Gasteiger partial charge on any atom is -0.462 e. The van der Waals surface area contributed by atoms with Gasteiger partial charge in [0.15, 0.2) is 0 Å². The summed E-state index contributed by atoms with van der Waals surface area (Å²) in [4.78, 5) is 13.2. The number of benzene rings is 1. The lowest BCUT2D eigenvalue weighted by Crippen LogP contribution is -2.12. The van der Waals surface area contributed by atoms with Gasteiger partial charge in [0.1, 0.15) is 0 Å². The predicted molar refractivity (Wildman–Crippen MR) is 91.0 cm³/mol. The molecule has 0 atom stereocenters. The molecule has 2 aromatic rings. The molecule has 112 valence electrons. The molecule has 2 rings (SSSR count). The van der Waals surface area contributed by atoms with Crippen molar-refractivity contribution in [2.45, 2.75) is 13.3 Å². The van der Waals surface area contributed by atoms with Crippen LogP contribution in [0, 0.1) is 0 Å². The first kappa shape index (κ1) is 15.9. The Morgan fingerprint density at radius 1 is 1.38 bits per heavy atom. The van der Waals surface area contributed by atoms with Gasteiger partial charge in [-0.05, 0) is 59.6 Å². The van der Waals surface area contributed by atoms with E-state index < -0.39 is 0 Å². The van der Waals surface area contributed by atoms with Crippen LogP contribution in [0.3, 0.4) is 0 Å². The van der Waals surface area contributed by atoms with Gasteiger partial charge in [0.2, 0.25) is 0 Å². The van der Waals surface area contributed by atoms with E-state index in [9.17, 15) is 4.79 Å². The number of carbonyl (C=O) groups excluding carboxylic acids is 1. The highest BCUT2D eigenvalue weighted by molar-refractivity contribution is 9.11. The number of thiophene rings is 1. The summed E-state index contributed by atoms with van der Waals surface area (Å²) in [5.74, 6) is -0.355. The zero-order valence-corrected chi connectivity index (χ0v) is 14.1. The first-order valence-electron chi connectivity index (χ1n) is 6.65. The van der Waals surface area contributed by atoms with Crippen LogP contribution in [-0.2, 0) is 11.2 Å². The summed E-state index contributed by atoms with van der Waals surface area (Å²) in [5, 5.41) is 3.27. The maximum Gasteiger partial charge on any atom is 0.340 e. The van der Waals surface area contributed by atoms with E-state index in [1.807, 2.05) is 12.1 Å². The molecule has 1 heterocycles. The Labute approximate surface area is 136 Å². The molecule has 0 aliphatic heterocycles. The van der Waals surface area contributed by atoms with Gasteiger partial charge in [-0.3, -0.25) is 0 Å². The second kappa shape index (κ2) is 7.47. The fourth-order valence-corrected chi connectivity index (χ4v) is 3.38. The SMILES string of the molecule is CCOC(=O)c1cc(N)ccc1NCCc1ccc(Br)s1. The van der Waals surface area contributed by atoms with Crippen LogP contribution in [0.2, 0.25) is 0 Å². The zero-order chi connectivity index (χ0) is 15.2. The van der Waals surface area contributed by atoms with Crippen LogP contribution >= 0.6 is 27.3 Å². The molecule has 0 amide bonds. The smallest absolute Gasteiger partial charge is 0.340 e. The third-order valence-electron chi connectivity index (χ3n) is 2.85. The molecule has 0 bridgehead atoms. The van der Waals surface area contributed by atoms with Gasteiger partial charge in [-0.25, -0.2) is 4.79 Å². The number of ether oxygens (including phenoxy) is 1. The lowest BCUT2D eigenvalue weighted by atomic mass is 10.1. The summed E-state index contributed by atoms with van der Waals surface area (Å²) in [6.07, 6.45) is 0.892. The monoisotopic (exact) mass is 368 g/mol. The van der Waals surface area contributed by atoms with Crippen molar-refractivity contribution in [2.24, 2.45) is 0 Å². The number of nitrogen functional groups attached to an aromatic ring is 1. The molecule has 0 unspecified atom stereocenters. The van der Waals surface area contributed by atoms with E-state index in [0.29, 0.717) is 17.9 Å². The van der Waals surface area contributed by atoms with Crippen molar-refractivity contribution in [3.8, 4) is 0 Å². The number of nitrogens with two attached hydrogens (primary N) is 1. The Balaban J connectivity index is 2.03. The minimum absolute atomic E-state index is 0.344. The summed E-state index contributed by atoms with van der Waals surface area (Å²) < 4.78 is 6.18. The molecule has 6 heteroatoms. The molecule has 1 aromatic carbocycles. The number of hydrogen-bond donors (Lipinski definition) is 2. The fourth-order valence-electron chi connectivity index (χ4n) is 1.90. The molecular weight excluding hydrogens is 352 g/mol. The standard InChI is InChI=1S/C15H17BrN2O2S/c1-2-20-15(19)12-9-10(17)3-5-13(12)18-8-7-11-4-6-14(16)21-11/h3-6,9,18H,2,7-8,17H2,1H3. The molecule has 0 aliphatic carbocycles. The fraction of sp³-hybridized carbons (Fsp3) is 0.267. The normalized spacial score (nSPS) is 10.4. The Hall–Kier alpha value is -1.53. The van der Waals surface area contributed by atoms with E-state index in [1.165, 1.54) is 4.88 Å². The number of rotatable bonds is 6. The molecule has 0 spiro atoms. The average Bonchev–Trinajstić information content (AvgIpc) is 2.86. The molecule has 0 radical (unpaired) electrons. The summed E-state index contributed by atoms with van der Waals surface area (Å²) >= 11 is 5.16. The Kier molecular flexibility index (Phi) is 5.64. The minimum atomic E-state index is -0.355. The van der Waals surface area contributed by atoms with Gasteiger partial charge in [0.25, 0.3) is 0 Å². The van der Waals surface area contributed by atoms with Gasteiger partial charge >= 0.3 is 5.97 Å². The number of anilines is 2. The van der Waals surface area contributed by atoms with Gasteiger partial charge in [-0.1, -0.05) is 0 Å². The van der Waals surface area contributed by atoms with Gasteiger partial charge in [0, 0.05) is 22.8 Å². The number of nitrogens with one attached hydrogen (secondary N) is 1. The summed E-state index contributed by atoms with van der Waals surface area (Å²) in [6.45, 7) is 2.87. The third-order valence-corrected chi connectivity index (χ3v) is 4.54. The predicted octanol–water partition coefficient (Wildman–Crippen LogP) is 3.92. The molecule has 4 nitrogen and oxygen atoms in total. The van der Waals surface area contributed by atoms with Crippen molar-refractivity contribution < 1.29 is 9.53 Å². The van der Waals surface area contributed by atoms with Crippen molar-refractivity contribution >= 4 is 44.6 Å². The molecular formula is C15H17BrN2O2S. The lowest BCUT2D eigenvalue weighted by Gasteiger charge is -2.11. The Morgan fingerprint density at radius 3 is 2.86 bits per heavy atom. The maximum absolute atomic E-state index is 11.9. The van der Waals surface area contributed by atoms with E-state index in [2.05, 4.69) is 27.3 Å². The third kappa shape index (κ3) is 4.47. The summed E-state index contributed by atoms with van der Waals surface area (Å²) in [5.41, 5.74) is 7.52. The molecule has 1 aromatic heterocycles. The van der Waals surface area contributed by atoms with Crippen molar-refractivity contribution in [1.82, 2.24) is 0 Å². The van der Waals surface area contributed by atoms with Crippen LogP contribution in [0.5, 0.6) is 0 Å². The van der Waals surface area contributed by atoms with Crippen molar-refractivity contribution in [2.75, 3.05) is 24.2 Å². The molecule has 3 N–H and O–H groups in total. The maximum atomic E-state index is 11.9. The van der Waals surface area contributed by atoms with Gasteiger partial charge in [-0.15, -0.1) is 11.3 Å². The molecule has 0 saturated carbocycles. The zero-order valence-electron chi connectivity index (χ0n) is 11.7. The van der Waals surface area contributed by atoms with E-state index in [4.69, 9.17) is 10.5 Å². The van der Waals surface area contributed by atoms with Crippen LogP contribution in [0.1, 0.15) is 22.2 Å². The Morgan fingerprint density at radius 2 is 2.19 bits per heavy atom. The van der Waals surface area contributed by atoms with E-state index in [-0.39, 0.29) is 5.97 Å². The van der Waals surface area contributed by atoms with Crippen LogP contribution in [-0.4, -0.2) is 19.1 Å². The summed E-state index contributed by atoms with van der Waals surface area (Å²) in [7, 11) is 0. The number of esters is 1. The molecule has 0 fully saturated rings. The highest BCUT2D eigenvalue weighted by Gasteiger charge is 2.12. The molecule has 21 heavy (non-hydrogen) atoms. The number of halogens is 1. The first-order chi connectivity index (χ1) is 10.1. The first-order valence-corrected chi connectivity index (χ1v) is 8.26. The van der Waals surface area contributed by atoms with Crippen molar-refractivity contribution in [1.29, 1.82) is 0 Å². The molecule has 0 saturated heterocycles. The Bertz CT molecular complexity index is 628. The lowest BCUT2D eigenvalue weighted by molar-refractivity contribution is 0.0527. The molecule has 0 aliphatic rings. The second-order valence-corrected chi connectivity index (χ2v) is 6.96. The average molecular weight is 369 g/mol. The van der Waals surface area contributed by atoms with Crippen molar-refractivity contribution in [3.05, 3.63) is 44.6 Å². The van der Waals surface area contributed by atoms with Gasteiger partial charge in [-0.2, -0.15) is 0 Å². The van der Waals surface area contributed by atoms with Crippen LogP contribution < -0.4 is 11.1 Å². The summed E-state index contributed by atoms with van der Waals surface area (Å²) in [6, 6.07) is 9.35. The van der Waals surface area contributed by atoms with Gasteiger partial charge in [0.05, 0.1) is 16.0 Å². The van der Waals surface area contributed by atoms with Crippen molar-refractivity contribution in [3.63, 3.8) is 0 Å². The topological polar surface area (TPSA) is 64.3 Å². The van der Waals surface area contributed by atoms with Crippen LogP contribution in [0.15, 0.2) is 34.1 Å². The largest absolute Gasteiger partial charge is 0.462 e. The number of carbonyl (C=O) groups is 1. The van der Waals surface area contributed by atoms with E-state index in [0.717, 1.165) is 22.4 Å². The van der Waals surface area contributed by atoms with E-state index >= 15 is 0 Å². The van der Waals surface area contributed by atoms with E-state index in [1.54, 1.807) is 30.4 Å². The highest BCUT2D eigenvalue weighted by atomic mass is 79.9. The van der Waals surface area contributed by atoms with Crippen LogP contribution in [0.4, 0.5) is 11.4 Å². The second-order valence-electron chi connectivity index (χ2n) is 4.41. The number of hydrogen-bond acceptors (Lipinski definition) is 5. The van der Waals surface area contributed by atoms with Gasteiger partial charge < -0.3 is 15.8 Å². The highest BCUT2D eigenvalue weighted by Crippen LogP contribution is 2.23. The quantitative estimate of drug-likeness (QED) is 0.598. The van der Waals surface area contributed by atoms with Crippen LogP contribution in [0.25, 0.3) is 0 Å².